The van der Waals surface area contributed by atoms with Crippen molar-refractivity contribution in [2.75, 3.05) is 5.73 Å². The Hall–Kier alpha value is -1.78. The number of hydrogen-bond acceptors (Lipinski definition) is 3. The van der Waals surface area contributed by atoms with Crippen LogP contribution in [0.15, 0.2) is 16.9 Å². The van der Waals surface area contributed by atoms with Crippen LogP contribution in [0.2, 0.25) is 0 Å². The number of fused-ring (bicyclic) bond motifs is 1. The number of rotatable bonds is 0. The minimum atomic E-state index is -0.189. The van der Waals surface area contributed by atoms with Crippen LogP contribution in [-0.2, 0) is 0 Å². The molecule has 12 heavy (non-hydrogen) atoms. The summed E-state index contributed by atoms with van der Waals surface area (Å²) in [7, 11) is 0. The van der Waals surface area contributed by atoms with Crippen molar-refractivity contribution in [3.8, 4) is 0 Å². The number of nitrogens with one attached hydrogen (secondary N) is 1. The summed E-state index contributed by atoms with van der Waals surface area (Å²) < 4.78 is 1.35. The first-order valence-electron chi connectivity index (χ1n) is 3.52. The van der Waals surface area contributed by atoms with E-state index in [-0.39, 0.29) is 11.4 Å². The van der Waals surface area contributed by atoms with E-state index in [9.17, 15) is 4.79 Å². The zero-order chi connectivity index (χ0) is 8.72. The topological polar surface area (TPSA) is 76.2 Å². The summed E-state index contributed by atoms with van der Waals surface area (Å²) in [6.07, 6.45) is 0. The van der Waals surface area contributed by atoms with Gasteiger partial charge in [0.2, 0.25) is 0 Å². The summed E-state index contributed by atoms with van der Waals surface area (Å²) in [4.78, 5) is 15.2. The fraction of sp³-hybridized carbons (Fsp3) is 0.143. The number of hydrogen-bond donors (Lipinski definition) is 2. The predicted octanol–water partition coefficient (Wildman–Crippen LogP) is -0.0868. The molecule has 2 aromatic rings. The number of H-pyrrole nitrogens is 1. The van der Waals surface area contributed by atoms with Crippen molar-refractivity contribution in [3.63, 3.8) is 0 Å². The molecule has 2 rings (SSSR count). The highest BCUT2D eigenvalue weighted by Crippen LogP contribution is 2.00. The van der Waals surface area contributed by atoms with Crippen molar-refractivity contribution in [2.45, 2.75) is 6.92 Å². The number of aromatic nitrogens is 3. The highest BCUT2D eigenvalue weighted by molar-refractivity contribution is 5.44. The molecule has 2 heterocycles. The molecule has 0 saturated heterocycles. The molecular formula is C7H8N4O. The summed E-state index contributed by atoms with van der Waals surface area (Å²) in [5.41, 5.74) is 6.64. The second kappa shape index (κ2) is 2.10. The fourth-order valence-corrected chi connectivity index (χ4v) is 1.13. The van der Waals surface area contributed by atoms with Crippen molar-refractivity contribution in [1.29, 1.82) is 0 Å². The number of anilines is 1. The maximum atomic E-state index is 11.2. The molecule has 3 N–H and O–H groups in total. The molecule has 0 aliphatic carbocycles. The maximum absolute atomic E-state index is 11.2. The molecule has 0 radical (unpaired) electrons. The highest BCUT2D eigenvalue weighted by Gasteiger charge is 2.00. The second-order valence-corrected chi connectivity index (χ2v) is 2.65. The van der Waals surface area contributed by atoms with Gasteiger partial charge in [0.25, 0.3) is 5.56 Å². The van der Waals surface area contributed by atoms with Crippen LogP contribution < -0.4 is 11.3 Å². The van der Waals surface area contributed by atoms with Crippen molar-refractivity contribution in [1.82, 2.24) is 14.6 Å². The van der Waals surface area contributed by atoms with Crippen LogP contribution >= 0.6 is 0 Å². The minimum absolute atomic E-state index is 0.189. The second-order valence-electron chi connectivity index (χ2n) is 2.65. The molecule has 0 spiro atoms. The van der Waals surface area contributed by atoms with Crippen LogP contribution in [0.25, 0.3) is 5.65 Å². The van der Waals surface area contributed by atoms with Gasteiger partial charge in [-0.2, -0.15) is 0 Å². The van der Waals surface area contributed by atoms with Gasteiger partial charge < -0.3 is 5.73 Å². The van der Waals surface area contributed by atoms with Gasteiger partial charge in [0.05, 0.1) is 0 Å². The first kappa shape index (κ1) is 6.90. The number of nitrogens with zero attached hydrogens (tertiary/aromatic N) is 2. The average Bonchev–Trinajstić information content (AvgIpc) is 2.29. The number of aromatic amines is 1. The van der Waals surface area contributed by atoms with Crippen LogP contribution in [0, 0.1) is 6.92 Å². The molecule has 0 unspecified atom stereocenters. The summed E-state index contributed by atoms with van der Waals surface area (Å²) in [5, 5.41) is 2.84. The van der Waals surface area contributed by atoms with E-state index in [1.807, 2.05) is 6.92 Å². The van der Waals surface area contributed by atoms with Crippen molar-refractivity contribution in [2.24, 2.45) is 0 Å². The Morgan fingerprint density at radius 3 is 3.08 bits per heavy atom. The summed E-state index contributed by atoms with van der Waals surface area (Å²) in [6, 6.07) is 3.04. The molecule has 5 heteroatoms. The van der Waals surface area contributed by atoms with Crippen LogP contribution in [-0.4, -0.2) is 14.6 Å². The van der Waals surface area contributed by atoms with Gasteiger partial charge in [-0.05, 0) is 6.92 Å². The van der Waals surface area contributed by atoms with E-state index in [1.165, 1.54) is 10.6 Å². The van der Waals surface area contributed by atoms with E-state index in [2.05, 4.69) is 10.1 Å². The molecule has 5 nitrogen and oxygen atoms in total. The predicted molar refractivity (Wildman–Crippen MR) is 45.0 cm³/mol. The third-order valence-electron chi connectivity index (χ3n) is 1.60. The molecule has 62 valence electrons. The Balaban J connectivity index is 2.98. The lowest BCUT2D eigenvalue weighted by Gasteiger charge is -1.92. The van der Waals surface area contributed by atoms with Crippen molar-refractivity contribution >= 4 is 11.5 Å². The van der Waals surface area contributed by atoms with Gasteiger partial charge in [0.1, 0.15) is 5.82 Å². The standard InChI is InChI=1S/C7H8N4O/c1-4-2-6-9-5(8)3-7(12)11(6)10-4/h2-3,10H,8H2,1H3. The Labute approximate surface area is 67.8 Å². The summed E-state index contributed by atoms with van der Waals surface area (Å²) in [6.45, 7) is 1.85. The third-order valence-corrected chi connectivity index (χ3v) is 1.60. The smallest absolute Gasteiger partial charge is 0.274 e. The van der Waals surface area contributed by atoms with Crippen molar-refractivity contribution < 1.29 is 0 Å². The molecule has 0 aliphatic heterocycles. The molecule has 0 atom stereocenters. The van der Waals surface area contributed by atoms with Gasteiger partial charge in [-0.15, -0.1) is 0 Å². The molecule has 0 aromatic carbocycles. The lowest BCUT2D eigenvalue weighted by atomic mass is 10.5. The Kier molecular flexibility index (Phi) is 1.21. The molecule has 0 amide bonds. The molecular weight excluding hydrogens is 156 g/mol. The van der Waals surface area contributed by atoms with Crippen LogP contribution in [0.3, 0.4) is 0 Å². The maximum Gasteiger partial charge on any atom is 0.274 e. The molecule has 2 aromatic heterocycles. The quantitative estimate of drug-likeness (QED) is 0.571. The van der Waals surface area contributed by atoms with Gasteiger partial charge >= 0.3 is 0 Å². The first-order chi connectivity index (χ1) is 5.66. The highest BCUT2D eigenvalue weighted by atomic mass is 16.1. The van der Waals surface area contributed by atoms with Gasteiger partial charge in [-0.3, -0.25) is 9.89 Å². The zero-order valence-electron chi connectivity index (χ0n) is 6.53. The number of aryl methyl sites for hydroxylation is 1. The van der Waals surface area contributed by atoms with E-state index < -0.39 is 0 Å². The largest absolute Gasteiger partial charge is 0.383 e. The van der Waals surface area contributed by atoms with E-state index in [0.29, 0.717) is 5.65 Å². The third kappa shape index (κ3) is 0.868. The average molecular weight is 164 g/mol. The SMILES string of the molecule is Cc1cc2nc(N)cc(=O)n2[nH]1. The zero-order valence-corrected chi connectivity index (χ0v) is 6.53. The molecule has 0 saturated carbocycles. The van der Waals surface area contributed by atoms with E-state index in [4.69, 9.17) is 5.73 Å². The van der Waals surface area contributed by atoms with Gasteiger partial charge in [0, 0.05) is 17.8 Å². The lowest BCUT2D eigenvalue weighted by Crippen LogP contribution is -2.14. The van der Waals surface area contributed by atoms with Crippen LogP contribution in [0.5, 0.6) is 0 Å². The number of nitrogens with two attached hydrogens (primary N) is 1. The molecule has 0 aliphatic rings. The monoisotopic (exact) mass is 164 g/mol. The Bertz CT molecular complexity index is 482. The number of nitrogen functional groups attached to an aromatic ring is 1. The van der Waals surface area contributed by atoms with Crippen LogP contribution in [0.4, 0.5) is 5.82 Å². The van der Waals surface area contributed by atoms with E-state index in [0.717, 1.165) is 5.69 Å². The minimum Gasteiger partial charge on any atom is -0.383 e. The van der Waals surface area contributed by atoms with Gasteiger partial charge in [0.15, 0.2) is 5.65 Å². The molecule has 0 fully saturated rings. The Morgan fingerprint density at radius 2 is 2.33 bits per heavy atom. The summed E-state index contributed by atoms with van der Waals surface area (Å²) in [5.74, 6) is 0.249. The first-order valence-corrected chi connectivity index (χ1v) is 3.52. The van der Waals surface area contributed by atoms with E-state index >= 15 is 0 Å². The molecule has 0 bridgehead atoms. The summed E-state index contributed by atoms with van der Waals surface area (Å²) >= 11 is 0. The van der Waals surface area contributed by atoms with Crippen molar-refractivity contribution in [3.05, 3.63) is 28.2 Å². The van der Waals surface area contributed by atoms with E-state index in [1.54, 1.807) is 6.07 Å². The van der Waals surface area contributed by atoms with Gasteiger partial charge in [-0.25, -0.2) is 9.50 Å². The van der Waals surface area contributed by atoms with Gasteiger partial charge in [-0.1, -0.05) is 0 Å². The Morgan fingerprint density at radius 1 is 1.58 bits per heavy atom. The normalized spacial score (nSPS) is 10.8. The fourth-order valence-electron chi connectivity index (χ4n) is 1.13. The lowest BCUT2D eigenvalue weighted by molar-refractivity contribution is 0.883. The van der Waals surface area contributed by atoms with Crippen LogP contribution in [0.1, 0.15) is 5.69 Å².